The maximum absolute atomic E-state index is 12.3. The molecule has 4 N–H and O–H groups in total. The molecule has 23 heavy (non-hydrogen) atoms. The summed E-state index contributed by atoms with van der Waals surface area (Å²) in [4.78, 5) is 15.7. The van der Waals surface area contributed by atoms with Gasteiger partial charge in [0.25, 0.3) is 5.91 Å². The Hall–Kier alpha value is -1.41. The summed E-state index contributed by atoms with van der Waals surface area (Å²) >= 11 is 3.27. The van der Waals surface area contributed by atoms with Gasteiger partial charge in [0.05, 0.1) is 10.5 Å². The van der Waals surface area contributed by atoms with Gasteiger partial charge in [-0.05, 0) is 46.3 Å². The standard InChI is InChI=1S/C15H20BrN3O3S/c1-23(21,22)13-10(9-5-3-2-4-6-9)7-8-11(12(13)16)14(20)19-15(17)18/h7-9H,2-6H2,1H3,(H4,17,18,19,20). The van der Waals surface area contributed by atoms with Crippen LogP contribution in [0.3, 0.4) is 0 Å². The molecule has 0 aliphatic heterocycles. The van der Waals surface area contributed by atoms with E-state index in [1.807, 2.05) is 0 Å². The van der Waals surface area contributed by atoms with Crippen molar-refractivity contribution in [3.63, 3.8) is 0 Å². The summed E-state index contributed by atoms with van der Waals surface area (Å²) in [7, 11) is -3.51. The van der Waals surface area contributed by atoms with Crippen LogP contribution in [-0.4, -0.2) is 26.5 Å². The molecule has 0 bridgehead atoms. The summed E-state index contributed by atoms with van der Waals surface area (Å²) in [6.45, 7) is 0. The Labute approximate surface area is 144 Å². The quantitative estimate of drug-likeness (QED) is 0.595. The molecule has 0 atom stereocenters. The molecule has 0 radical (unpaired) electrons. The lowest BCUT2D eigenvalue weighted by molar-refractivity contribution is 0.100. The smallest absolute Gasteiger partial charge is 0.281 e. The van der Waals surface area contributed by atoms with Crippen molar-refractivity contribution in [3.05, 3.63) is 27.7 Å². The number of sulfone groups is 1. The van der Waals surface area contributed by atoms with Crippen LogP contribution in [0, 0.1) is 0 Å². The first-order valence-corrected chi connectivity index (χ1v) is 10.1. The SMILES string of the molecule is CS(=O)(=O)c1c(C2CCCCC2)ccc(C(=O)N=C(N)N)c1Br. The van der Waals surface area contributed by atoms with Crippen LogP contribution in [0.2, 0.25) is 0 Å². The van der Waals surface area contributed by atoms with Crippen molar-refractivity contribution in [2.45, 2.75) is 42.9 Å². The van der Waals surface area contributed by atoms with Crippen LogP contribution in [0.25, 0.3) is 0 Å². The first-order chi connectivity index (χ1) is 10.7. The molecule has 1 aliphatic carbocycles. The zero-order valence-corrected chi connectivity index (χ0v) is 15.3. The van der Waals surface area contributed by atoms with Gasteiger partial charge in [0.2, 0.25) is 0 Å². The number of carbonyl (C=O) groups is 1. The molecule has 1 aromatic carbocycles. The van der Waals surface area contributed by atoms with Gasteiger partial charge in [-0.3, -0.25) is 4.79 Å². The van der Waals surface area contributed by atoms with Crippen LogP contribution in [0.1, 0.15) is 53.9 Å². The molecule has 1 aliphatic rings. The number of halogens is 1. The second-order valence-electron chi connectivity index (χ2n) is 5.79. The van der Waals surface area contributed by atoms with Crippen molar-refractivity contribution >= 4 is 37.6 Å². The van der Waals surface area contributed by atoms with Crippen LogP contribution in [-0.2, 0) is 9.84 Å². The lowest BCUT2D eigenvalue weighted by atomic mass is 9.84. The number of rotatable bonds is 3. The number of guanidine groups is 1. The van der Waals surface area contributed by atoms with Crippen molar-refractivity contribution in [2.24, 2.45) is 16.5 Å². The minimum absolute atomic E-state index is 0.137. The summed E-state index contributed by atoms with van der Waals surface area (Å²) in [6, 6.07) is 3.30. The van der Waals surface area contributed by atoms with Crippen molar-refractivity contribution in [3.8, 4) is 0 Å². The summed E-state index contributed by atoms with van der Waals surface area (Å²) < 4.78 is 24.8. The molecule has 0 unspecified atom stereocenters. The summed E-state index contributed by atoms with van der Waals surface area (Å²) in [6.07, 6.45) is 6.40. The molecule has 1 fully saturated rings. The van der Waals surface area contributed by atoms with Gasteiger partial charge in [-0.2, -0.15) is 4.99 Å². The Kier molecular flexibility index (Phi) is 5.46. The highest BCUT2D eigenvalue weighted by atomic mass is 79.9. The van der Waals surface area contributed by atoms with Crippen LogP contribution in [0.5, 0.6) is 0 Å². The van der Waals surface area contributed by atoms with Crippen molar-refractivity contribution in [2.75, 3.05) is 6.26 Å². The molecule has 0 spiro atoms. The van der Waals surface area contributed by atoms with E-state index in [1.165, 1.54) is 6.42 Å². The third kappa shape index (κ3) is 4.11. The van der Waals surface area contributed by atoms with Gasteiger partial charge in [-0.1, -0.05) is 25.3 Å². The fraction of sp³-hybridized carbons (Fsp3) is 0.467. The molecule has 8 heteroatoms. The predicted octanol–water partition coefficient (Wildman–Crippen LogP) is 2.31. The largest absolute Gasteiger partial charge is 0.370 e. The van der Waals surface area contributed by atoms with Gasteiger partial charge in [-0.15, -0.1) is 0 Å². The van der Waals surface area contributed by atoms with Crippen molar-refractivity contribution in [1.82, 2.24) is 0 Å². The Morgan fingerprint density at radius 3 is 2.35 bits per heavy atom. The first-order valence-electron chi connectivity index (χ1n) is 7.38. The molecule has 6 nitrogen and oxygen atoms in total. The second kappa shape index (κ2) is 7.00. The van der Waals surface area contributed by atoms with Crippen LogP contribution < -0.4 is 11.5 Å². The number of nitrogens with zero attached hydrogens (tertiary/aromatic N) is 1. The van der Waals surface area contributed by atoms with Crippen molar-refractivity contribution < 1.29 is 13.2 Å². The van der Waals surface area contributed by atoms with Crippen LogP contribution >= 0.6 is 15.9 Å². The molecule has 1 amide bonds. The monoisotopic (exact) mass is 401 g/mol. The third-order valence-corrected chi connectivity index (χ3v) is 6.27. The van der Waals surface area contributed by atoms with E-state index in [0.717, 1.165) is 37.5 Å². The minimum atomic E-state index is -3.51. The Balaban J connectivity index is 2.60. The average molecular weight is 402 g/mol. The van der Waals surface area contributed by atoms with Gasteiger partial charge >= 0.3 is 0 Å². The van der Waals surface area contributed by atoms with E-state index in [1.54, 1.807) is 12.1 Å². The fourth-order valence-electron chi connectivity index (χ4n) is 3.03. The van der Waals surface area contributed by atoms with E-state index in [2.05, 4.69) is 20.9 Å². The molecule has 0 aromatic heterocycles. The van der Waals surface area contributed by atoms with Crippen LogP contribution in [0.4, 0.5) is 0 Å². The van der Waals surface area contributed by atoms with Gasteiger partial charge in [0.15, 0.2) is 15.8 Å². The Morgan fingerprint density at radius 2 is 1.83 bits per heavy atom. The van der Waals surface area contributed by atoms with Crippen LogP contribution in [0.15, 0.2) is 26.5 Å². The predicted molar refractivity (Wildman–Crippen MR) is 93.2 cm³/mol. The zero-order valence-electron chi connectivity index (χ0n) is 12.9. The van der Waals surface area contributed by atoms with E-state index in [4.69, 9.17) is 11.5 Å². The lowest BCUT2D eigenvalue weighted by Gasteiger charge is -2.25. The summed E-state index contributed by atoms with van der Waals surface area (Å²) in [5, 5.41) is 0. The third-order valence-electron chi connectivity index (χ3n) is 4.00. The van der Waals surface area contributed by atoms with Gasteiger partial charge in [-0.25, -0.2) is 8.42 Å². The molecule has 2 rings (SSSR count). The van der Waals surface area contributed by atoms with E-state index in [-0.39, 0.29) is 26.8 Å². The molecule has 0 saturated heterocycles. The molecule has 0 heterocycles. The van der Waals surface area contributed by atoms with Gasteiger partial charge < -0.3 is 11.5 Å². The highest BCUT2D eigenvalue weighted by Gasteiger charge is 2.27. The van der Waals surface area contributed by atoms with Gasteiger partial charge in [0, 0.05) is 10.7 Å². The number of hydrogen-bond donors (Lipinski definition) is 2. The molecular formula is C15H20BrN3O3S. The van der Waals surface area contributed by atoms with E-state index in [9.17, 15) is 13.2 Å². The number of aliphatic imine (C=N–C) groups is 1. The number of hydrogen-bond acceptors (Lipinski definition) is 3. The van der Waals surface area contributed by atoms with E-state index >= 15 is 0 Å². The minimum Gasteiger partial charge on any atom is -0.370 e. The Morgan fingerprint density at radius 1 is 1.22 bits per heavy atom. The topological polar surface area (TPSA) is 116 Å². The molecule has 1 aromatic rings. The maximum Gasteiger partial charge on any atom is 0.281 e. The molecule has 1 saturated carbocycles. The normalized spacial score (nSPS) is 16.1. The first kappa shape index (κ1) is 17.9. The second-order valence-corrected chi connectivity index (χ2v) is 8.54. The summed E-state index contributed by atoms with van der Waals surface area (Å²) in [5.74, 6) is -0.840. The van der Waals surface area contributed by atoms with E-state index in [0.29, 0.717) is 0 Å². The average Bonchev–Trinajstić information content (AvgIpc) is 2.45. The highest BCUT2D eigenvalue weighted by Crippen LogP contribution is 2.40. The lowest BCUT2D eigenvalue weighted by Crippen LogP contribution is -2.24. The summed E-state index contributed by atoms with van der Waals surface area (Å²) in [5.41, 5.74) is 11.4. The van der Waals surface area contributed by atoms with Gasteiger partial charge in [0.1, 0.15) is 0 Å². The number of nitrogens with two attached hydrogens (primary N) is 2. The Bertz CT molecular complexity index is 749. The molecular weight excluding hydrogens is 382 g/mol. The van der Waals surface area contributed by atoms with E-state index < -0.39 is 15.7 Å². The fourth-order valence-corrected chi connectivity index (χ4v) is 5.54. The molecule has 126 valence electrons. The van der Waals surface area contributed by atoms with Crippen molar-refractivity contribution in [1.29, 1.82) is 0 Å². The highest BCUT2D eigenvalue weighted by molar-refractivity contribution is 9.10. The number of benzene rings is 1. The maximum atomic E-state index is 12.3. The number of carbonyl (C=O) groups excluding carboxylic acids is 1. The number of amides is 1. The zero-order chi connectivity index (χ0) is 17.2.